The molecular weight excluding hydrogens is 130 g/mol. The van der Waals surface area contributed by atoms with E-state index in [9.17, 15) is 0 Å². The molecule has 3 nitrogen and oxygen atoms in total. The molecule has 0 aliphatic rings. The Morgan fingerprint density at radius 2 is 1.90 bits per heavy atom. The first-order valence-electron chi connectivity index (χ1n) is 3.23. The predicted octanol–water partition coefficient (Wildman–Crippen LogP) is 0.767. The van der Waals surface area contributed by atoms with E-state index in [4.69, 9.17) is 14.7 Å². The van der Waals surface area contributed by atoms with Gasteiger partial charge in [-0.2, -0.15) is 5.26 Å². The number of ether oxygens (including phenoxy) is 2. The van der Waals surface area contributed by atoms with Crippen LogP contribution in [0, 0.1) is 18.3 Å². The van der Waals surface area contributed by atoms with Gasteiger partial charge in [0, 0.05) is 6.61 Å². The summed E-state index contributed by atoms with van der Waals surface area (Å²) in [6.45, 7) is 5.58. The summed E-state index contributed by atoms with van der Waals surface area (Å²) in [5, 5.41) is 8.10. The normalized spacial score (nSPS) is 9.20. The lowest BCUT2D eigenvalue weighted by Gasteiger charge is -2.00. The fourth-order valence-corrected chi connectivity index (χ4v) is 0.440. The van der Waals surface area contributed by atoms with E-state index in [1.54, 1.807) is 0 Å². The number of hydrogen-bond donors (Lipinski definition) is 0. The summed E-state index contributed by atoms with van der Waals surface area (Å²) in [6.07, 6.45) is 0.449. The molecule has 0 aromatic heterocycles. The molecule has 3 heteroatoms. The van der Waals surface area contributed by atoms with Crippen LogP contribution >= 0.6 is 0 Å². The summed E-state index contributed by atoms with van der Waals surface area (Å²) in [6, 6.07) is 1.98. The Labute approximate surface area is 61.5 Å². The molecule has 0 amide bonds. The summed E-state index contributed by atoms with van der Waals surface area (Å²) in [4.78, 5) is 0. The average Bonchev–Trinajstić information content (AvgIpc) is 1.97. The second-order valence-electron chi connectivity index (χ2n) is 1.63. The van der Waals surface area contributed by atoms with Gasteiger partial charge < -0.3 is 9.47 Å². The third kappa shape index (κ3) is 7.41. The third-order valence-electron chi connectivity index (χ3n) is 0.875. The molecule has 0 fully saturated rings. The summed E-state index contributed by atoms with van der Waals surface area (Å²) in [5.41, 5.74) is 0. The maximum absolute atomic E-state index is 8.10. The lowest BCUT2D eigenvalue weighted by Crippen LogP contribution is -2.04. The fraction of sp³-hybridized carbons (Fsp3) is 0.714. The van der Waals surface area contributed by atoms with Gasteiger partial charge in [-0.1, -0.05) is 0 Å². The number of nitrogens with zero attached hydrogens (tertiary/aromatic N) is 1. The van der Waals surface area contributed by atoms with Crippen LogP contribution in [-0.2, 0) is 9.47 Å². The molecule has 0 N–H and O–H groups in total. The topological polar surface area (TPSA) is 42.2 Å². The zero-order valence-corrected chi connectivity index (χ0v) is 6.01. The van der Waals surface area contributed by atoms with Crippen molar-refractivity contribution in [1.82, 2.24) is 0 Å². The molecule has 1 radical (unpaired) electrons. The van der Waals surface area contributed by atoms with E-state index in [1.165, 1.54) is 0 Å². The summed E-state index contributed by atoms with van der Waals surface area (Å²) in [7, 11) is 0. The van der Waals surface area contributed by atoms with Crippen molar-refractivity contribution >= 4 is 0 Å². The lowest BCUT2D eigenvalue weighted by atomic mass is 10.5. The van der Waals surface area contributed by atoms with Crippen molar-refractivity contribution in [2.75, 3.05) is 26.4 Å². The maximum atomic E-state index is 8.10. The average molecular weight is 142 g/mol. The number of rotatable bonds is 6. The smallest absolute Gasteiger partial charge is 0.0700 e. The fourth-order valence-electron chi connectivity index (χ4n) is 0.440. The van der Waals surface area contributed by atoms with Gasteiger partial charge in [-0.25, -0.2) is 0 Å². The maximum Gasteiger partial charge on any atom is 0.0700 e. The SMILES string of the molecule is [CH2]COCCOCCC#N. The quantitative estimate of drug-likeness (QED) is 0.514. The minimum absolute atomic E-state index is 0.449. The molecule has 10 heavy (non-hydrogen) atoms. The highest BCUT2D eigenvalue weighted by atomic mass is 16.5. The molecule has 0 bridgehead atoms. The molecule has 0 saturated carbocycles. The van der Waals surface area contributed by atoms with Gasteiger partial charge in [-0.3, -0.25) is 0 Å². The van der Waals surface area contributed by atoms with Crippen LogP contribution in [0.5, 0.6) is 0 Å². The minimum Gasteiger partial charge on any atom is -0.379 e. The summed E-state index contributed by atoms with van der Waals surface area (Å²) in [5.74, 6) is 0. The van der Waals surface area contributed by atoms with E-state index >= 15 is 0 Å². The van der Waals surface area contributed by atoms with Gasteiger partial charge in [0.05, 0.1) is 32.3 Å². The highest BCUT2D eigenvalue weighted by Gasteiger charge is 1.86. The summed E-state index contributed by atoms with van der Waals surface area (Å²) >= 11 is 0. The Bertz CT molecular complexity index is 98.3. The van der Waals surface area contributed by atoms with Crippen molar-refractivity contribution < 1.29 is 9.47 Å². The van der Waals surface area contributed by atoms with Crippen LogP contribution in [0.1, 0.15) is 6.42 Å². The monoisotopic (exact) mass is 142 g/mol. The highest BCUT2D eigenvalue weighted by Crippen LogP contribution is 1.80. The van der Waals surface area contributed by atoms with Crippen LogP contribution in [0.2, 0.25) is 0 Å². The lowest BCUT2D eigenvalue weighted by molar-refractivity contribution is 0.0603. The molecule has 0 spiro atoms. The first-order chi connectivity index (χ1) is 4.91. The highest BCUT2D eigenvalue weighted by molar-refractivity contribution is 4.66. The van der Waals surface area contributed by atoms with E-state index in [-0.39, 0.29) is 0 Å². The van der Waals surface area contributed by atoms with Crippen LogP contribution in [0.15, 0.2) is 0 Å². The molecule has 57 valence electrons. The van der Waals surface area contributed by atoms with Crippen molar-refractivity contribution in [2.45, 2.75) is 6.42 Å². The first kappa shape index (κ1) is 9.41. The third-order valence-corrected chi connectivity index (χ3v) is 0.875. The van der Waals surface area contributed by atoms with Gasteiger partial charge in [0.15, 0.2) is 0 Å². The summed E-state index contributed by atoms with van der Waals surface area (Å²) < 4.78 is 9.90. The molecule has 0 saturated heterocycles. The van der Waals surface area contributed by atoms with Crippen LogP contribution < -0.4 is 0 Å². The van der Waals surface area contributed by atoms with Gasteiger partial charge in [0.25, 0.3) is 0 Å². The Morgan fingerprint density at radius 3 is 2.50 bits per heavy atom. The molecule has 0 aliphatic carbocycles. The van der Waals surface area contributed by atoms with E-state index < -0.39 is 0 Å². The van der Waals surface area contributed by atoms with Crippen LogP contribution in [0.25, 0.3) is 0 Å². The van der Waals surface area contributed by atoms with Gasteiger partial charge >= 0.3 is 0 Å². The number of hydrogen-bond acceptors (Lipinski definition) is 3. The molecule has 0 aromatic carbocycles. The second-order valence-corrected chi connectivity index (χ2v) is 1.63. The zero-order chi connectivity index (χ0) is 7.66. The van der Waals surface area contributed by atoms with Gasteiger partial charge in [-0.05, 0) is 6.92 Å². The van der Waals surface area contributed by atoms with Crippen LogP contribution in [0.3, 0.4) is 0 Å². The Kier molecular flexibility index (Phi) is 7.91. The van der Waals surface area contributed by atoms with E-state index in [0.29, 0.717) is 32.8 Å². The van der Waals surface area contributed by atoms with Crippen molar-refractivity contribution in [3.8, 4) is 6.07 Å². The first-order valence-corrected chi connectivity index (χ1v) is 3.23. The minimum atomic E-state index is 0.449. The molecule has 0 aliphatic heterocycles. The van der Waals surface area contributed by atoms with E-state index in [0.717, 1.165) is 0 Å². The Morgan fingerprint density at radius 1 is 1.20 bits per heavy atom. The number of nitriles is 1. The van der Waals surface area contributed by atoms with Gasteiger partial charge in [0.1, 0.15) is 0 Å². The zero-order valence-electron chi connectivity index (χ0n) is 6.01. The molecular formula is C7H12NO2. The Hall–Kier alpha value is -0.590. The van der Waals surface area contributed by atoms with Crippen LogP contribution in [-0.4, -0.2) is 26.4 Å². The van der Waals surface area contributed by atoms with Crippen LogP contribution in [0.4, 0.5) is 0 Å². The largest absolute Gasteiger partial charge is 0.379 e. The molecule has 0 heterocycles. The van der Waals surface area contributed by atoms with E-state index in [2.05, 4.69) is 6.92 Å². The van der Waals surface area contributed by atoms with E-state index in [1.807, 2.05) is 6.07 Å². The second kappa shape index (κ2) is 8.41. The van der Waals surface area contributed by atoms with Crippen molar-refractivity contribution in [3.63, 3.8) is 0 Å². The van der Waals surface area contributed by atoms with Gasteiger partial charge in [0.2, 0.25) is 0 Å². The molecule has 0 unspecified atom stereocenters. The molecule has 0 rings (SSSR count). The van der Waals surface area contributed by atoms with Crippen molar-refractivity contribution in [2.24, 2.45) is 0 Å². The molecule has 0 aromatic rings. The Balaban J connectivity index is 2.72. The predicted molar refractivity (Wildman–Crippen MR) is 37.2 cm³/mol. The standard InChI is InChI=1S/C7H12NO2/c1-2-9-6-7-10-5-3-4-8/h1-3,5-7H2. The van der Waals surface area contributed by atoms with Crippen molar-refractivity contribution in [3.05, 3.63) is 6.92 Å². The van der Waals surface area contributed by atoms with Crippen molar-refractivity contribution in [1.29, 1.82) is 5.26 Å². The van der Waals surface area contributed by atoms with Gasteiger partial charge in [-0.15, -0.1) is 0 Å². The molecule has 0 atom stereocenters.